The van der Waals surface area contributed by atoms with Crippen molar-refractivity contribution in [3.8, 4) is 0 Å². The Labute approximate surface area is 139 Å². The van der Waals surface area contributed by atoms with Crippen molar-refractivity contribution in [2.24, 2.45) is 0 Å². The summed E-state index contributed by atoms with van der Waals surface area (Å²) in [7, 11) is 0. The van der Waals surface area contributed by atoms with Crippen LogP contribution in [0.15, 0.2) is 24.3 Å². The van der Waals surface area contributed by atoms with Gasteiger partial charge in [0.05, 0.1) is 12.2 Å². The maximum atomic E-state index is 12.1. The second kappa shape index (κ2) is 8.99. The van der Waals surface area contributed by atoms with Crippen molar-refractivity contribution >= 4 is 40.1 Å². The number of hydrogen-bond donors (Lipinski definition) is 3. The predicted octanol–water partition coefficient (Wildman–Crippen LogP) is 0.659. The number of para-hydroxylation sites is 1. The van der Waals surface area contributed by atoms with Gasteiger partial charge < -0.3 is 15.5 Å². The van der Waals surface area contributed by atoms with Crippen LogP contribution in [0.5, 0.6) is 0 Å². The molecule has 21 heavy (non-hydrogen) atoms. The molecular formula is C15H23IN3O2+. The Balaban J connectivity index is 2.51. The molecule has 2 amide bonds. The topological polar surface area (TPSA) is 62.6 Å². The van der Waals surface area contributed by atoms with Gasteiger partial charge in [-0.3, -0.25) is 9.59 Å². The minimum atomic E-state index is -0.0756. The third kappa shape index (κ3) is 6.90. The fraction of sp³-hybridized carbons (Fsp3) is 0.467. The number of halogens is 1. The Bertz CT molecular complexity index is 492. The van der Waals surface area contributed by atoms with Gasteiger partial charge in [-0.2, -0.15) is 0 Å². The summed E-state index contributed by atoms with van der Waals surface area (Å²) < 4.78 is 0.999. The van der Waals surface area contributed by atoms with E-state index in [1.54, 1.807) is 0 Å². The Kier molecular flexibility index (Phi) is 7.66. The van der Waals surface area contributed by atoms with Crippen molar-refractivity contribution in [3.05, 3.63) is 27.8 Å². The number of rotatable bonds is 7. The predicted molar refractivity (Wildman–Crippen MR) is 92.3 cm³/mol. The first-order valence-electron chi connectivity index (χ1n) is 7.09. The monoisotopic (exact) mass is 404 g/mol. The van der Waals surface area contributed by atoms with Crippen LogP contribution in [0.2, 0.25) is 0 Å². The highest BCUT2D eigenvalue weighted by molar-refractivity contribution is 14.1. The zero-order chi connectivity index (χ0) is 15.8. The van der Waals surface area contributed by atoms with E-state index < -0.39 is 0 Å². The van der Waals surface area contributed by atoms with E-state index in [9.17, 15) is 9.59 Å². The molecule has 0 aliphatic rings. The first-order valence-corrected chi connectivity index (χ1v) is 8.17. The van der Waals surface area contributed by atoms with Crippen molar-refractivity contribution in [2.45, 2.75) is 26.8 Å². The molecule has 0 fully saturated rings. The highest BCUT2D eigenvalue weighted by Crippen LogP contribution is 2.16. The van der Waals surface area contributed by atoms with Crippen LogP contribution in [-0.4, -0.2) is 37.5 Å². The summed E-state index contributed by atoms with van der Waals surface area (Å²) in [6.07, 6.45) is 0. The largest absolute Gasteiger partial charge is 0.349 e. The first kappa shape index (κ1) is 17.9. The number of benzene rings is 1. The minimum absolute atomic E-state index is 0.0241. The Hall–Kier alpha value is -1.15. The Morgan fingerprint density at radius 1 is 1.19 bits per heavy atom. The molecule has 0 aliphatic heterocycles. The van der Waals surface area contributed by atoms with Crippen LogP contribution in [0.1, 0.15) is 20.8 Å². The smallest absolute Gasteiger partial charge is 0.279 e. The van der Waals surface area contributed by atoms with Gasteiger partial charge in [0.1, 0.15) is 0 Å². The molecule has 5 nitrogen and oxygen atoms in total. The quantitative estimate of drug-likeness (QED) is 0.585. The number of carbonyl (C=O) groups is 2. The molecule has 3 N–H and O–H groups in total. The van der Waals surface area contributed by atoms with Gasteiger partial charge in [0.25, 0.3) is 11.8 Å². The molecule has 0 radical (unpaired) electrons. The molecule has 1 aromatic rings. The molecule has 0 spiro atoms. The van der Waals surface area contributed by atoms with E-state index in [1.165, 1.54) is 0 Å². The molecule has 116 valence electrons. The summed E-state index contributed by atoms with van der Waals surface area (Å²) in [6.45, 7) is 7.14. The van der Waals surface area contributed by atoms with E-state index in [-0.39, 0.29) is 24.4 Å². The van der Waals surface area contributed by atoms with Gasteiger partial charge in [-0.15, -0.1) is 0 Å². The van der Waals surface area contributed by atoms with E-state index in [4.69, 9.17) is 0 Å². The zero-order valence-electron chi connectivity index (χ0n) is 12.7. The molecule has 0 bridgehead atoms. The van der Waals surface area contributed by atoms with Gasteiger partial charge in [-0.05, 0) is 55.5 Å². The summed E-state index contributed by atoms with van der Waals surface area (Å²) in [5.41, 5.74) is 0.810. The molecule has 0 heterocycles. The SMILES string of the molecule is CC[NH+](CC(=O)Nc1ccccc1I)CC(=O)NC(C)C. The fourth-order valence-electron chi connectivity index (χ4n) is 1.90. The van der Waals surface area contributed by atoms with Crippen molar-refractivity contribution < 1.29 is 14.5 Å². The molecule has 1 atom stereocenters. The maximum Gasteiger partial charge on any atom is 0.279 e. The second-order valence-electron chi connectivity index (χ2n) is 5.21. The van der Waals surface area contributed by atoms with Gasteiger partial charge in [0, 0.05) is 9.61 Å². The van der Waals surface area contributed by atoms with Gasteiger partial charge in [0.2, 0.25) is 0 Å². The lowest BCUT2D eigenvalue weighted by atomic mass is 10.3. The lowest BCUT2D eigenvalue weighted by molar-refractivity contribution is -0.881. The summed E-state index contributed by atoms with van der Waals surface area (Å²) in [6, 6.07) is 7.75. The molecule has 0 saturated carbocycles. The minimum Gasteiger partial charge on any atom is -0.349 e. The molecule has 1 rings (SSSR count). The lowest BCUT2D eigenvalue weighted by Gasteiger charge is -2.18. The molecule has 6 heteroatoms. The van der Waals surface area contributed by atoms with Gasteiger partial charge >= 0.3 is 0 Å². The van der Waals surface area contributed by atoms with Gasteiger partial charge in [-0.25, -0.2) is 0 Å². The van der Waals surface area contributed by atoms with Crippen molar-refractivity contribution in [2.75, 3.05) is 25.0 Å². The van der Waals surface area contributed by atoms with Crippen LogP contribution in [0, 0.1) is 3.57 Å². The van der Waals surface area contributed by atoms with Crippen LogP contribution >= 0.6 is 22.6 Å². The number of amides is 2. The highest BCUT2D eigenvalue weighted by Gasteiger charge is 2.17. The normalized spacial score (nSPS) is 12.0. The van der Waals surface area contributed by atoms with Crippen LogP contribution in [0.25, 0.3) is 0 Å². The maximum absolute atomic E-state index is 12.1. The van der Waals surface area contributed by atoms with E-state index >= 15 is 0 Å². The van der Waals surface area contributed by atoms with E-state index in [1.807, 2.05) is 45.0 Å². The van der Waals surface area contributed by atoms with E-state index in [0.717, 1.165) is 20.7 Å². The zero-order valence-corrected chi connectivity index (χ0v) is 14.9. The van der Waals surface area contributed by atoms with Crippen LogP contribution in [0.4, 0.5) is 5.69 Å². The van der Waals surface area contributed by atoms with Crippen molar-refractivity contribution in [1.29, 1.82) is 0 Å². The second-order valence-corrected chi connectivity index (χ2v) is 6.37. The van der Waals surface area contributed by atoms with Gasteiger partial charge in [0.15, 0.2) is 13.1 Å². The summed E-state index contributed by atoms with van der Waals surface area (Å²) in [4.78, 5) is 24.8. The van der Waals surface area contributed by atoms with Crippen LogP contribution in [-0.2, 0) is 9.59 Å². The molecule has 1 unspecified atom stereocenters. The van der Waals surface area contributed by atoms with E-state index in [2.05, 4.69) is 33.2 Å². The highest BCUT2D eigenvalue weighted by atomic mass is 127. The first-order chi connectivity index (χ1) is 9.92. The summed E-state index contributed by atoms with van der Waals surface area (Å²) in [5.74, 6) is -0.0998. The summed E-state index contributed by atoms with van der Waals surface area (Å²) in [5, 5.41) is 5.74. The Morgan fingerprint density at radius 3 is 2.38 bits per heavy atom. The average Bonchev–Trinajstić information content (AvgIpc) is 2.39. The van der Waals surface area contributed by atoms with Crippen LogP contribution < -0.4 is 15.5 Å². The number of quaternary nitrogens is 1. The number of anilines is 1. The molecule has 1 aromatic carbocycles. The molecule has 0 aliphatic carbocycles. The van der Waals surface area contributed by atoms with Crippen molar-refractivity contribution in [1.82, 2.24) is 5.32 Å². The van der Waals surface area contributed by atoms with Gasteiger partial charge in [-0.1, -0.05) is 12.1 Å². The van der Waals surface area contributed by atoms with Crippen LogP contribution in [0.3, 0.4) is 0 Å². The number of nitrogens with one attached hydrogen (secondary N) is 3. The molecule has 0 aromatic heterocycles. The number of hydrogen-bond acceptors (Lipinski definition) is 2. The average molecular weight is 404 g/mol. The fourth-order valence-corrected chi connectivity index (χ4v) is 2.42. The third-order valence-corrected chi connectivity index (χ3v) is 3.86. The summed E-state index contributed by atoms with van der Waals surface area (Å²) >= 11 is 2.18. The Morgan fingerprint density at radius 2 is 1.81 bits per heavy atom. The third-order valence-electron chi connectivity index (χ3n) is 2.92. The number of likely N-dealkylation sites (N-methyl/N-ethyl adjacent to an activating group) is 1. The van der Waals surface area contributed by atoms with Crippen molar-refractivity contribution in [3.63, 3.8) is 0 Å². The lowest BCUT2D eigenvalue weighted by Crippen LogP contribution is -3.14. The molecular weight excluding hydrogens is 381 g/mol. The number of carbonyl (C=O) groups excluding carboxylic acids is 2. The molecule has 0 saturated heterocycles. The van der Waals surface area contributed by atoms with E-state index in [0.29, 0.717) is 6.54 Å². The standard InChI is InChI=1S/C15H22IN3O2/c1-4-19(9-14(20)17-11(2)3)10-15(21)18-13-8-6-5-7-12(13)16/h5-8,11H,4,9-10H2,1-3H3,(H,17,20)(H,18,21)/p+1.